The zero-order chi connectivity index (χ0) is 15.3. The predicted molar refractivity (Wildman–Crippen MR) is 75.9 cm³/mol. The monoisotopic (exact) mass is 307 g/mol. The molecule has 0 aliphatic carbocycles. The topological polar surface area (TPSA) is 111 Å². The summed E-state index contributed by atoms with van der Waals surface area (Å²) in [5.41, 5.74) is 1.16. The van der Waals surface area contributed by atoms with E-state index in [4.69, 9.17) is 9.88 Å². The van der Waals surface area contributed by atoms with Crippen LogP contribution in [0.3, 0.4) is 0 Å². The minimum Gasteiger partial charge on any atom is -0.444 e. The molecule has 8 heteroatoms. The molecule has 21 heavy (non-hydrogen) atoms. The smallest absolute Gasteiger partial charge is 0.411 e. The highest BCUT2D eigenvalue weighted by Gasteiger charge is 2.08. The largest absolute Gasteiger partial charge is 0.444 e. The maximum Gasteiger partial charge on any atom is 0.411 e. The summed E-state index contributed by atoms with van der Waals surface area (Å²) in [6.07, 6.45) is 2.56. The van der Waals surface area contributed by atoms with Crippen LogP contribution in [0.25, 0.3) is 0 Å². The summed E-state index contributed by atoms with van der Waals surface area (Å²) in [5, 5.41) is 7.45. The number of anilines is 1. The van der Waals surface area contributed by atoms with Gasteiger partial charge in [-0.3, -0.25) is 10.3 Å². The molecule has 2 aromatic rings. The summed E-state index contributed by atoms with van der Waals surface area (Å²) in [6, 6.07) is 8.96. The van der Waals surface area contributed by atoms with E-state index in [1.54, 1.807) is 24.5 Å². The van der Waals surface area contributed by atoms with Crippen LogP contribution < -0.4 is 10.5 Å². The van der Waals surface area contributed by atoms with Crippen molar-refractivity contribution in [3.05, 3.63) is 54.4 Å². The van der Waals surface area contributed by atoms with E-state index in [9.17, 15) is 13.2 Å². The lowest BCUT2D eigenvalue weighted by molar-refractivity contribution is 0.155. The fourth-order valence-electron chi connectivity index (χ4n) is 1.51. The first kappa shape index (κ1) is 14.9. The second kappa shape index (κ2) is 6.33. The van der Waals surface area contributed by atoms with Gasteiger partial charge in [0, 0.05) is 23.6 Å². The number of ether oxygens (including phenoxy) is 1. The second-order valence-electron chi connectivity index (χ2n) is 4.13. The molecule has 0 saturated heterocycles. The van der Waals surface area contributed by atoms with Gasteiger partial charge in [-0.05, 0) is 30.3 Å². The number of carbonyl (C=O) groups excluding carboxylic acids is 1. The number of hydrogen-bond acceptors (Lipinski definition) is 5. The number of hydrogen-bond donors (Lipinski definition) is 2. The first-order valence-corrected chi connectivity index (χ1v) is 7.45. The van der Waals surface area contributed by atoms with Crippen molar-refractivity contribution in [2.75, 3.05) is 5.32 Å². The van der Waals surface area contributed by atoms with E-state index in [1.807, 2.05) is 0 Å². The maximum absolute atomic E-state index is 11.6. The number of benzene rings is 1. The molecule has 0 radical (unpaired) electrons. The van der Waals surface area contributed by atoms with Crippen LogP contribution in [0.2, 0.25) is 0 Å². The molecule has 0 unspecified atom stereocenters. The summed E-state index contributed by atoms with van der Waals surface area (Å²) >= 11 is 0. The Balaban J connectivity index is 1.91. The lowest BCUT2D eigenvalue weighted by atomic mass is 10.3. The number of aromatic nitrogens is 1. The van der Waals surface area contributed by atoms with Crippen molar-refractivity contribution >= 4 is 21.8 Å². The zero-order valence-corrected chi connectivity index (χ0v) is 11.7. The van der Waals surface area contributed by atoms with Crippen molar-refractivity contribution in [3.63, 3.8) is 0 Å². The fraction of sp³-hybridized carbons (Fsp3) is 0.0769. The van der Waals surface area contributed by atoms with Gasteiger partial charge in [0.05, 0.1) is 4.90 Å². The second-order valence-corrected chi connectivity index (χ2v) is 5.69. The van der Waals surface area contributed by atoms with Gasteiger partial charge in [0.25, 0.3) is 0 Å². The van der Waals surface area contributed by atoms with Crippen LogP contribution in [0.15, 0.2) is 53.7 Å². The average molecular weight is 307 g/mol. The third-order valence-electron chi connectivity index (χ3n) is 2.52. The Morgan fingerprint density at radius 1 is 1.24 bits per heavy atom. The van der Waals surface area contributed by atoms with Crippen LogP contribution >= 0.6 is 0 Å². The molecule has 0 saturated carbocycles. The molecule has 3 N–H and O–H groups in total. The molecule has 0 fully saturated rings. The number of primary sulfonamides is 1. The summed E-state index contributed by atoms with van der Waals surface area (Å²) in [6.45, 7) is 0.0922. The van der Waals surface area contributed by atoms with Crippen LogP contribution in [0.1, 0.15) is 5.56 Å². The molecule has 1 aromatic carbocycles. The lowest BCUT2D eigenvalue weighted by Crippen LogP contribution is -2.14. The molecule has 1 amide bonds. The van der Waals surface area contributed by atoms with Crippen molar-refractivity contribution < 1.29 is 17.9 Å². The van der Waals surface area contributed by atoms with Gasteiger partial charge in [-0.1, -0.05) is 6.07 Å². The van der Waals surface area contributed by atoms with E-state index >= 15 is 0 Å². The average Bonchev–Trinajstić information content (AvgIpc) is 2.46. The number of pyridine rings is 1. The minimum absolute atomic E-state index is 0.0308. The van der Waals surface area contributed by atoms with Crippen molar-refractivity contribution in [2.24, 2.45) is 5.14 Å². The van der Waals surface area contributed by atoms with Gasteiger partial charge < -0.3 is 4.74 Å². The number of carbonyl (C=O) groups is 1. The quantitative estimate of drug-likeness (QED) is 0.888. The summed E-state index contributed by atoms with van der Waals surface area (Å²) in [5.74, 6) is 0. The Hall–Kier alpha value is -2.45. The van der Waals surface area contributed by atoms with Crippen molar-refractivity contribution in [2.45, 2.75) is 11.5 Å². The van der Waals surface area contributed by atoms with Gasteiger partial charge in [-0.25, -0.2) is 18.4 Å². The van der Waals surface area contributed by atoms with Crippen LogP contribution in [0.4, 0.5) is 10.5 Å². The summed E-state index contributed by atoms with van der Waals surface area (Å²) < 4.78 is 27.2. The third-order valence-corrected chi connectivity index (χ3v) is 3.45. The van der Waals surface area contributed by atoms with E-state index in [2.05, 4.69) is 10.3 Å². The Morgan fingerprint density at radius 2 is 1.95 bits per heavy atom. The molecule has 0 bridgehead atoms. The molecule has 0 aliphatic rings. The van der Waals surface area contributed by atoms with Crippen molar-refractivity contribution in [1.29, 1.82) is 0 Å². The summed E-state index contributed by atoms with van der Waals surface area (Å²) in [4.78, 5) is 15.4. The van der Waals surface area contributed by atoms with Gasteiger partial charge in [0.2, 0.25) is 10.0 Å². The Labute approximate surface area is 121 Å². The highest BCUT2D eigenvalue weighted by Crippen LogP contribution is 2.13. The highest BCUT2D eigenvalue weighted by molar-refractivity contribution is 7.89. The first-order valence-electron chi connectivity index (χ1n) is 5.91. The van der Waals surface area contributed by atoms with E-state index in [1.165, 1.54) is 24.3 Å². The lowest BCUT2D eigenvalue weighted by Gasteiger charge is -2.07. The van der Waals surface area contributed by atoms with Gasteiger partial charge in [0.1, 0.15) is 6.61 Å². The van der Waals surface area contributed by atoms with E-state index in [0.29, 0.717) is 5.69 Å². The SMILES string of the molecule is NS(=O)(=O)c1ccc(NC(=O)OCc2cccnc2)cc1. The normalized spacial score (nSPS) is 10.9. The number of nitrogens with zero attached hydrogens (tertiary/aromatic N) is 1. The van der Waals surface area contributed by atoms with Crippen LogP contribution in [-0.2, 0) is 21.4 Å². The summed E-state index contributed by atoms with van der Waals surface area (Å²) in [7, 11) is -3.75. The number of amides is 1. The molecule has 1 aromatic heterocycles. The molecule has 1 heterocycles. The Kier molecular flexibility index (Phi) is 4.51. The predicted octanol–water partition coefficient (Wildman–Crippen LogP) is 1.48. The van der Waals surface area contributed by atoms with Crippen LogP contribution in [-0.4, -0.2) is 19.5 Å². The molecular formula is C13H13N3O4S. The van der Waals surface area contributed by atoms with Gasteiger partial charge in [-0.2, -0.15) is 0 Å². The molecule has 7 nitrogen and oxygen atoms in total. The molecule has 2 rings (SSSR count). The molecule has 0 spiro atoms. The highest BCUT2D eigenvalue weighted by atomic mass is 32.2. The van der Waals surface area contributed by atoms with Crippen LogP contribution in [0, 0.1) is 0 Å². The minimum atomic E-state index is -3.75. The first-order chi connectivity index (χ1) is 9.95. The number of sulfonamides is 1. The van der Waals surface area contributed by atoms with E-state index < -0.39 is 16.1 Å². The molecular weight excluding hydrogens is 294 g/mol. The van der Waals surface area contributed by atoms with E-state index in [0.717, 1.165) is 5.56 Å². The number of nitrogens with one attached hydrogen (secondary N) is 1. The Morgan fingerprint density at radius 3 is 2.52 bits per heavy atom. The standard InChI is InChI=1S/C13H13N3O4S/c14-21(18,19)12-5-3-11(4-6-12)16-13(17)20-9-10-2-1-7-15-8-10/h1-8H,9H2,(H,16,17)(H2,14,18,19). The van der Waals surface area contributed by atoms with Gasteiger partial charge >= 0.3 is 6.09 Å². The number of nitrogens with two attached hydrogens (primary N) is 1. The van der Waals surface area contributed by atoms with Crippen LogP contribution in [0.5, 0.6) is 0 Å². The molecule has 110 valence electrons. The van der Waals surface area contributed by atoms with Crippen molar-refractivity contribution in [3.8, 4) is 0 Å². The number of rotatable bonds is 4. The van der Waals surface area contributed by atoms with Gasteiger partial charge in [-0.15, -0.1) is 0 Å². The zero-order valence-electron chi connectivity index (χ0n) is 10.9. The van der Waals surface area contributed by atoms with Crippen molar-refractivity contribution in [1.82, 2.24) is 4.98 Å². The maximum atomic E-state index is 11.6. The van der Waals surface area contributed by atoms with Gasteiger partial charge in [0.15, 0.2) is 0 Å². The third kappa shape index (κ3) is 4.55. The molecule has 0 atom stereocenters. The fourth-order valence-corrected chi connectivity index (χ4v) is 2.03. The Bertz CT molecular complexity index is 715. The molecule has 0 aliphatic heterocycles. The van der Waals surface area contributed by atoms with E-state index in [-0.39, 0.29) is 11.5 Å².